The van der Waals surface area contributed by atoms with Crippen molar-refractivity contribution in [3.63, 3.8) is 0 Å². The molecule has 2 N–H and O–H groups in total. The van der Waals surface area contributed by atoms with Crippen LogP contribution in [0.2, 0.25) is 0 Å². The summed E-state index contributed by atoms with van der Waals surface area (Å²) in [5.74, 6) is -0.769. The second kappa shape index (κ2) is 4.63. The van der Waals surface area contributed by atoms with Crippen LogP contribution >= 0.6 is 0 Å². The molecule has 0 saturated carbocycles. The van der Waals surface area contributed by atoms with Crippen molar-refractivity contribution in [1.29, 1.82) is 0 Å². The van der Waals surface area contributed by atoms with Gasteiger partial charge in [0.15, 0.2) is 0 Å². The number of carboxylic acid groups (broad SMARTS) is 1. The van der Waals surface area contributed by atoms with Crippen LogP contribution in [-0.2, 0) is 9.59 Å². The SMILES string of the molecule is CC(=O)N[C@H](CC(=O)O)c1occc1C. The lowest BCUT2D eigenvalue weighted by Gasteiger charge is -2.14. The largest absolute Gasteiger partial charge is 0.481 e. The van der Waals surface area contributed by atoms with Crippen LogP contribution in [0.4, 0.5) is 0 Å². The number of amides is 1. The predicted octanol–water partition coefficient (Wildman–Crippen LogP) is 1.24. The van der Waals surface area contributed by atoms with Gasteiger partial charge in [0.05, 0.1) is 18.7 Å². The Bertz CT molecular complexity index is 353. The van der Waals surface area contributed by atoms with Crippen molar-refractivity contribution in [3.05, 3.63) is 23.7 Å². The van der Waals surface area contributed by atoms with Crippen LogP contribution in [0.15, 0.2) is 16.7 Å². The van der Waals surface area contributed by atoms with Gasteiger partial charge in [-0.3, -0.25) is 9.59 Å². The minimum Gasteiger partial charge on any atom is -0.481 e. The highest BCUT2D eigenvalue weighted by Gasteiger charge is 2.20. The fourth-order valence-corrected chi connectivity index (χ4v) is 1.37. The fraction of sp³-hybridized carbons (Fsp3) is 0.400. The van der Waals surface area contributed by atoms with Gasteiger partial charge in [-0.25, -0.2) is 0 Å². The molecule has 0 aliphatic heterocycles. The molecule has 0 bridgehead atoms. The van der Waals surface area contributed by atoms with E-state index in [4.69, 9.17) is 9.52 Å². The first-order chi connectivity index (χ1) is 7.00. The molecule has 0 aromatic carbocycles. The molecule has 0 aliphatic carbocycles. The molecule has 1 aromatic rings. The Kier molecular flexibility index (Phi) is 3.49. The van der Waals surface area contributed by atoms with E-state index in [0.717, 1.165) is 5.56 Å². The molecule has 0 saturated heterocycles. The summed E-state index contributed by atoms with van der Waals surface area (Å²) in [7, 11) is 0. The lowest BCUT2D eigenvalue weighted by Crippen LogP contribution is -2.28. The maximum absolute atomic E-state index is 10.9. The zero-order chi connectivity index (χ0) is 11.4. The number of carbonyl (C=O) groups is 2. The minimum absolute atomic E-state index is 0.187. The lowest BCUT2D eigenvalue weighted by molar-refractivity contribution is -0.137. The van der Waals surface area contributed by atoms with E-state index in [2.05, 4.69) is 5.32 Å². The standard InChI is InChI=1S/C10H13NO4/c1-6-3-4-15-10(6)8(5-9(13)14)11-7(2)12/h3-4,8H,5H2,1-2H3,(H,11,12)(H,13,14)/t8-/m1/s1. The Morgan fingerprint density at radius 1 is 1.60 bits per heavy atom. The van der Waals surface area contributed by atoms with Crippen LogP contribution in [0.3, 0.4) is 0 Å². The Morgan fingerprint density at radius 2 is 2.27 bits per heavy atom. The van der Waals surface area contributed by atoms with E-state index in [1.807, 2.05) is 0 Å². The van der Waals surface area contributed by atoms with Crippen LogP contribution in [-0.4, -0.2) is 17.0 Å². The van der Waals surface area contributed by atoms with Crippen LogP contribution in [0.5, 0.6) is 0 Å². The van der Waals surface area contributed by atoms with Crippen LogP contribution < -0.4 is 5.32 Å². The molecule has 15 heavy (non-hydrogen) atoms. The number of rotatable bonds is 4. The van der Waals surface area contributed by atoms with Crippen molar-refractivity contribution in [2.75, 3.05) is 0 Å². The van der Waals surface area contributed by atoms with Gasteiger partial charge in [0.1, 0.15) is 5.76 Å². The number of carboxylic acids is 1. The molecule has 1 heterocycles. The van der Waals surface area contributed by atoms with E-state index >= 15 is 0 Å². The van der Waals surface area contributed by atoms with Crippen LogP contribution in [0.25, 0.3) is 0 Å². The molecule has 1 rings (SSSR count). The third-order valence-corrected chi connectivity index (χ3v) is 1.97. The number of hydrogen-bond acceptors (Lipinski definition) is 3. The number of nitrogens with one attached hydrogen (secondary N) is 1. The molecule has 5 nitrogen and oxygen atoms in total. The third-order valence-electron chi connectivity index (χ3n) is 1.97. The van der Waals surface area contributed by atoms with E-state index in [1.165, 1.54) is 13.2 Å². The van der Waals surface area contributed by atoms with Gasteiger partial charge in [-0.15, -0.1) is 0 Å². The van der Waals surface area contributed by atoms with Crippen LogP contribution in [0.1, 0.15) is 30.7 Å². The Labute approximate surface area is 87.1 Å². The maximum atomic E-state index is 10.9. The van der Waals surface area contributed by atoms with Crippen molar-refractivity contribution in [3.8, 4) is 0 Å². The van der Waals surface area contributed by atoms with Crippen molar-refractivity contribution < 1.29 is 19.1 Å². The smallest absolute Gasteiger partial charge is 0.305 e. The molecular weight excluding hydrogens is 198 g/mol. The maximum Gasteiger partial charge on any atom is 0.305 e. The molecule has 1 aromatic heterocycles. The first-order valence-corrected chi connectivity index (χ1v) is 4.53. The summed E-state index contributed by atoms with van der Waals surface area (Å²) in [6, 6.07) is 1.13. The topological polar surface area (TPSA) is 79.5 Å². The van der Waals surface area contributed by atoms with Gasteiger partial charge in [0.2, 0.25) is 5.91 Å². The lowest BCUT2D eigenvalue weighted by atomic mass is 10.1. The normalized spacial score (nSPS) is 12.1. The van der Waals surface area contributed by atoms with Gasteiger partial charge in [0, 0.05) is 6.92 Å². The fourth-order valence-electron chi connectivity index (χ4n) is 1.37. The highest BCUT2D eigenvalue weighted by atomic mass is 16.4. The Balaban J connectivity index is 2.85. The number of aryl methyl sites for hydroxylation is 1. The number of furan rings is 1. The average molecular weight is 211 g/mol. The van der Waals surface area contributed by atoms with E-state index in [-0.39, 0.29) is 12.3 Å². The van der Waals surface area contributed by atoms with Gasteiger partial charge in [0.25, 0.3) is 0 Å². The summed E-state index contributed by atoms with van der Waals surface area (Å²) in [4.78, 5) is 21.5. The second-order valence-electron chi connectivity index (χ2n) is 3.32. The highest BCUT2D eigenvalue weighted by molar-refractivity contribution is 5.75. The minimum atomic E-state index is -0.982. The first kappa shape index (κ1) is 11.3. The number of hydrogen-bond donors (Lipinski definition) is 2. The number of carbonyl (C=O) groups excluding carboxylic acids is 1. The second-order valence-corrected chi connectivity index (χ2v) is 3.32. The van der Waals surface area contributed by atoms with Crippen molar-refractivity contribution in [2.24, 2.45) is 0 Å². The molecule has 0 radical (unpaired) electrons. The molecule has 0 spiro atoms. The third kappa shape index (κ3) is 3.12. The monoisotopic (exact) mass is 211 g/mol. The number of aliphatic carboxylic acids is 1. The van der Waals surface area contributed by atoms with Crippen molar-refractivity contribution in [2.45, 2.75) is 26.3 Å². The summed E-state index contributed by atoms with van der Waals surface area (Å²) in [5.41, 5.74) is 0.829. The van der Waals surface area contributed by atoms with Gasteiger partial charge in [-0.05, 0) is 18.6 Å². The zero-order valence-corrected chi connectivity index (χ0v) is 8.61. The molecule has 0 aliphatic rings. The zero-order valence-electron chi connectivity index (χ0n) is 8.61. The Morgan fingerprint density at radius 3 is 2.67 bits per heavy atom. The summed E-state index contributed by atoms with van der Waals surface area (Å²) in [6.07, 6.45) is 1.29. The van der Waals surface area contributed by atoms with Gasteiger partial charge >= 0.3 is 5.97 Å². The van der Waals surface area contributed by atoms with Crippen molar-refractivity contribution >= 4 is 11.9 Å². The predicted molar refractivity (Wildman–Crippen MR) is 52.3 cm³/mol. The molecule has 1 atom stereocenters. The molecular formula is C10H13NO4. The summed E-state index contributed by atoms with van der Waals surface area (Å²) < 4.78 is 5.15. The summed E-state index contributed by atoms with van der Waals surface area (Å²) in [5, 5.41) is 11.2. The van der Waals surface area contributed by atoms with Gasteiger partial charge in [-0.2, -0.15) is 0 Å². The highest BCUT2D eigenvalue weighted by Crippen LogP contribution is 2.21. The molecule has 0 fully saturated rings. The summed E-state index contributed by atoms with van der Waals surface area (Å²) >= 11 is 0. The van der Waals surface area contributed by atoms with E-state index in [9.17, 15) is 9.59 Å². The van der Waals surface area contributed by atoms with Crippen molar-refractivity contribution in [1.82, 2.24) is 5.32 Å². The first-order valence-electron chi connectivity index (χ1n) is 4.53. The van der Waals surface area contributed by atoms with Gasteiger partial charge < -0.3 is 14.8 Å². The summed E-state index contributed by atoms with van der Waals surface area (Å²) in [6.45, 7) is 3.14. The molecule has 0 unspecified atom stereocenters. The average Bonchev–Trinajstić information content (AvgIpc) is 2.48. The van der Waals surface area contributed by atoms with E-state index in [1.54, 1.807) is 13.0 Å². The van der Waals surface area contributed by atoms with Crippen LogP contribution in [0, 0.1) is 6.92 Å². The molecule has 1 amide bonds. The van der Waals surface area contributed by atoms with Gasteiger partial charge in [-0.1, -0.05) is 0 Å². The quantitative estimate of drug-likeness (QED) is 0.785. The Hall–Kier alpha value is -1.78. The molecule has 5 heteroatoms. The van der Waals surface area contributed by atoms with E-state index in [0.29, 0.717) is 5.76 Å². The van der Waals surface area contributed by atoms with E-state index < -0.39 is 12.0 Å². The molecule has 82 valence electrons.